The minimum atomic E-state index is -0.365. The van der Waals surface area contributed by atoms with Crippen LogP contribution in [0.1, 0.15) is 30.4 Å². The summed E-state index contributed by atoms with van der Waals surface area (Å²) in [6.45, 7) is 3.71. The SMILES string of the molecule is Cc1cc([N+](=O)[O-])c(OSC2CC2)cc1C1=CCNCC1. The van der Waals surface area contributed by atoms with Gasteiger partial charge in [-0.2, -0.15) is 0 Å². The number of aryl methyl sites for hydroxylation is 1. The standard InChI is InChI=1S/C15H18N2O3S/c1-10-8-14(17(18)19)15(20-21-12-2-3-12)9-13(10)11-4-6-16-7-5-11/h4,8-9,12,16H,2-3,5-7H2,1H3. The summed E-state index contributed by atoms with van der Waals surface area (Å²) in [5.74, 6) is 0.372. The van der Waals surface area contributed by atoms with Gasteiger partial charge in [0.05, 0.1) is 17.0 Å². The van der Waals surface area contributed by atoms with Crippen LogP contribution in [0.5, 0.6) is 5.75 Å². The van der Waals surface area contributed by atoms with Gasteiger partial charge in [-0.25, -0.2) is 0 Å². The van der Waals surface area contributed by atoms with Crippen molar-refractivity contribution in [3.63, 3.8) is 0 Å². The number of nitrogens with zero attached hydrogens (tertiary/aromatic N) is 1. The van der Waals surface area contributed by atoms with Gasteiger partial charge < -0.3 is 9.50 Å². The third kappa shape index (κ3) is 3.39. The summed E-state index contributed by atoms with van der Waals surface area (Å²) in [6, 6.07) is 3.46. The van der Waals surface area contributed by atoms with Crippen molar-refractivity contribution in [1.82, 2.24) is 5.32 Å². The smallest absolute Gasteiger partial charge is 0.312 e. The Balaban J connectivity index is 1.93. The molecule has 1 heterocycles. The molecular weight excluding hydrogens is 288 g/mol. The lowest BCUT2D eigenvalue weighted by Gasteiger charge is -2.17. The molecule has 1 aromatic rings. The van der Waals surface area contributed by atoms with Crippen LogP contribution >= 0.6 is 12.0 Å². The van der Waals surface area contributed by atoms with Crippen LogP contribution < -0.4 is 9.50 Å². The molecule has 0 bridgehead atoms. The van der Waals surface area contributed by atoms with Gasteiger partial charge in [0.2, 0.25) is 5.75 Å². The van der Waals surface area contributed by atoms with Gasteiger partial charge in [0, 0.05) is 17.9 Å². The Morgan fingerprint density at radius 3 is 2.86 bits per heavy atom. The normalized spacial score (nSPS) is 18.2. The van der Waals surface area contributed by atoms with Gasteiger partial charge in [0.25, 0.3) is 0 Å². The van der Waals surface area contributed by atoms with Gasteiger partial charge in [0.15, 0.2) is 0 Å². The molecule has 0 saturated heterocycles. The summed E-state index contributed by atoms with van der Waals surface area (Å²) in [6.07, 6.45) is 5.35. The minimum Gasteiger partial charge on any atom is -0.418 e. The van der Waals surface area contributed by atoms with Crippen LogP contribution in [0, 0.1) is 17.0 Å². The number of hydrogen-bond donors (Lipinski definition) is 1. The topological polar surface area (TPSA) is 64.4 Å². The lowest BCUT2D eigenvalue weighted by atomic mass is 9.95. The maximum Gasteiger partial charge on any atom is 0.312 e. The van der Waals surface area contributed by atoms with Crippen LogP contribution in [0.4, 0.5) is 5.69 Å². The Morgan fingerprint density at radius 1 is 1.43 bits per heavy atom. The molecule has 1 aliphatic carbocycles. The fourth-order valence-corrected chi connectivity index (χ4v) is 3.08. The third-order valence-electron chi connectivity index (χ3n) is 3.71. The van der Waals surface area contributed by atoms with Crippen LogP contribution in [0.25, 0.3) is 5.57 Å². The van der Waals surface area contributed by atoms with Crippen molar-refractivity contribution in [3.05, 3.63) is 39.4 Å². The molecule has 2 aliphatic rings. The number of nitro groups is 1. The maximum atomic E-state index is 11.2. The van der Waals surface area contributed by atoms with Gasteiger partial charge >= 0.3 is 5.69 Å². The van der Waals surface area contributed by atoms with Crippen molar-refractivity contribution in [2.45, 2.75) is 31.4 Å². The number of nitro benzene ring substituents is 1. The van der Waals surface area contributed by atoms with Crippen LogP contribution in [-0.2, 0) is 0 Å². The Labute approximate surface area is 128 Å². The molecule has 112 valence electrons. The van der Waals surface area contributed by atoms with E-state index in [1.807, 2.05) is 13.0 Å². The van der Waals surface area contributed by atoms with E-state index >= 15 is 0 Å². The van der Waals surface area contributed by atoms with E-state index in [4.69, 9.17) is 4.18 Å². The molecule has 0 amide bonds. The molecule has 0 atom stereocenters. The fraction of sp³-hybridized carbons (Fsp3) is 0.467. The van der Waals surface area contributed by atoms with Crippen LogP contribution in [-0.4, -0.2) is 23.3 Å². The second kappa shape index (κ2) is 6.07. The first-order valence-electron chi connectivity index (χ1n) is 7.17. The second-order valence-electron chi connectivity index (χ2n) is 5.45. The predicted molar refractivity (Wildman–Crippen MR) is 84.5 cm³/mol. The number of benzene rings is 1. The molecule has 1 aromatic carbocycles. The number of hydrogen-bond acceptors (Lipinski definition) is 5. The first-order chi connectivity index (χ1) is 10.1. The second-order valence-corrected chi connectivity index (χ2v) is 6.48. The highest BCUT2D eigenvalue weighted by atomic mass is 32.2. The molecule has 21 heavy (non-hydrogen) atoms. The predicted octanol–water partition coefficient (Wildman–Crippen LogP) is 3.47. The fourth-order valence-electron chi connectivity index (χ4n) is 2.38. The highest BCUT2D eigenvalue weighted by Gasteiger charge is 2.27. The summed E-state index contributed by atoms with van der Waals surface area (Å²) in [5.41, 5.74) is 3.29. The van der Waals surface area contributed by atoms with Gasteiger partial charge in [0.1, 0.15) is 0 Å². The molecule has 3 rings (SSSR count). The molecule has 1 aliphatic heterocycles. The summed E-state index contributed by atoms with van der Waals surface area (Å²) < 4.78 is 5.64. The molecule has 0 radical (unpaired) electrons. The van der Waals surface area contributed by atoms with Crippen molar-refractivity contribution in [3.8, 4) is 5.75 Å². The van der Waals surface area contributed by atoms with Crippen LogP contribution in [0.15, 0.2) is 18.2 Å². The molecule has 5 nitrogen and oxygen atoms in total. The van der Waals surface area contributed by atoms with Crippen molar-refractivity contribution < 1.29 is 9.11 Å². The molecule has 0 spiro atoms. The van der Waals surface area contributed by atoms with E-state index in [0.717, 1.165) is 43.5 Å². The summed E-state index contributed by atoms with van der Waals surface area (Å²) in [5, 5.41) is 15.0. The Bertz CT molecular complexity index is 597. The zero-order chi connectivity index (χ0) is 14.8. The molecule has 0 aromatic heterocycles. The first-order valence-corrected chi connectivity index (χ1v) is 7.98. The molecular formula is C15H18N2O3S. The lowest BCUT2D eigenvalue weighted by Crippen LogP contribution is -2.20. The van der Waals surface area contributed by atoms with E-state index in [9.17, 15) is 10.1 Å². The zero-order valence-electron chi connectivity index (χ0n) is 11.9. The van der Waals surface area contributed by atoms with Crippen LogP contribution in [0.3, 0.4) is 0 Å². The summed E-state index contributed by atoms with van der Waals surface area (Å²) >= 11 is 1.35. The number of nitrogens with one attached hydrogen (secondary N) is 1. The van der Waals surface area contributed by atoms with Gasteiger partial charge in [-0.1, -0.05) is 6.08 Å². The molecule has 6 heteroatoms. The highest BCUT2D eigenvalue weighted by molar-refractivity contribution is 7.95. The van der Waals surface area contributed by atoms with Crippen molar-refractivity contribution in [2.75, 3.05) is 13.1 Å². The van der Waals surface area contributed by atoms with E-state index in [2.05, 4.69) is 11.4 Å². The quantitative estimate of drug-likeness (QED) is 0.512. The third-order valence-corrected chi connectivity index (χ3v) is 4.73. The van der Waals surface area contributed by atoms with Crippen LogP contribution in [0.2, 0.25) is 0 Å². The van der Waals surface area contributed by atoms with E-state index in [1.54, 1.807) is 6.07 Å². The lowest BCUT2D eigenvalue weighted by molar-refractivity contribution is -0.385. The first kappa shape index (κ1) is 14.4. The Morgan fingerprint density at radius 2 is 2.24 bits per heavy atom. The van der Waals surface area contributed by atoms with Gasteiger partial charge in [-0.3, -0.25) is 10.1 Å². The van der Waals surface area contributed by atoms with E-state index < -0.39 is 0 Å². The number of rotatable bonds is 5. The Hall–Kier alpha value is -1.53. The molecule has 1 fully saturated rings. The van der Waals surface area contributed by atoms with E-state index in [0.29, 0.717) is 11.0 Å². The minimum absolute atomic E-state index is 0.0546. The monoisotopic (exact) mass is 306 g/mol. The molecule has 1 N–H and O–H groups in total. The van der Waals surface area contributed by atoms with Crippen molar-refractivity contribution in [1.29, 1.82) is 0 Å². The van der Waals surface area contributed by atoms with Crippen molar-refractivity contribution >= 4 is 23.3 Å². The average molecular weight is 306 g/mol. The van der Waals surface area contributed by atoms with Crippen molar-refractivity contribution in [2.24, 2.45) is 0 Å². The largest absolute Gasteiger partial charge is 0.418 e. The van der Waals surface area contributed by atoms with E-state index in [-0.39, 0.29) is 10.6 Å². The van der Waals surface area contributed by atoms with E-state index in [1.165, 1.54) is 17.6 Å². The van der Waals surface area contributed by atoms with Gasteiger partial charge in [-0.05, 0) is 55.5 Å². The zero-order valence-corrected chi connectivity index (χ0v) is 12.7. The summed E-state index contributed by atoms with van der Waals surface area (Å²) in [4.78, 5) is 10.8. The summed E-state index contributed by atoms with van der Waals surface area (Å²) in [7, 11) is 0. The molecule has 1 saturated carbocycles. The molecule has 0 unspecified atom stereocenters. The Kier molecular flexibility index (Phi) is 4.17. The maximum absolute atomic E-state index is 11.2. The average Bonchev–Trinajstić information content (AvgIpc) is 3.30. The van der Waals surface area contributed by atoms with Gasteiger partial charge in [-0.15, -0.1) is 0 Å². The highest BCUT2D eigenvalue weighted by Crippen LogP contribution is 2.40.